The van der Waals surface area contributed by atoms with Crippen LogP contribution in [0.15, 0.2) is 42.5 Å². The van der Waals surface area contributed by atoms with E-state index in [1.54, 1.807) is 12.1 Å². The molecule has 1 amide bonds. The zero-order chi connectivity index (χ0) is 24.1. The monoisotopic (exact) mass is 462 g/mol. The number of nitrogens with two attached hydrogens (primary N) is 1. The Morgan fingerprint density at radius 2 is 1.79 bits per heavy atom. The summed E-state index contributed by atoms with van der Waals surface area (Å²) in [5.74, 6) is 0.210. The van der Waals surface area contributed by atoms with Gasteiger partial charge in [0, 0.05) is 36.3 Å². The Bertz CT molecular complexity index is 1200. The minimum atomic E-state index is -0.368. The van der Waals surface area contributed by atoms with Crippen LogP contribution in [0.2, 0.25) is 0 Å². The molecule has 4 rings (SSSR count). The summed E-state index contributed by atoms with van der Waals surface area (Å²) in [6.45, 7) is 4.16. The molecule has 1 aromatic heterocycles. The smallest absolute Gasteiger partial charge is 0.307 e. The number of esters is 1. The van der Waals surface area contributed by atoms with Crippen molar-refractivity contribution < 1.29 is 14.3 Å². The predicted octanol–water partition coefficient (Wildman–Crippen LogP) is 2.38. The van der Waals surface area contributed by atoms with Gasteiger partial charge in [-0.05, 0) is 44.1 Å². The minimum Gasteiger partial charge on any atom is -0.469 e. The van der Waals surface area contributed by atoms with E-state index < -0.39 is 0 Å². The van der Waals surface area contributed by atoms with Gasteiger partial charge in [-0.2, -0.15) is 0 Å². The van der Waals surface area contributed by atoms with Crippen LogP contribution in [-0.2, 0) is 16.1 Å². The van der Waals surface area contributed by atoms with Gasteiger partial charge in [-0.1, -0.05) is 24.3 Å². The number of likely N-dealkylation sites (tertiary alicyclic amines) is 1. The zero-order valence-corrected chi connectivity index (χ0v) is 19.3. The third-order valence-corrected chi connectivity index (χ3v) is 6.15. The molecule has 0 atom stereocenters. The van der Waals surface area contributed by atoms with E-state index in [0.717, 1.165) is 48.6 Å². The van der Waals surface area contributed by atoms with Crippen molar-refractivity contribution in [2.45, 2.75) is 25.8 Å². The largest absolute Gasteiger partial charge is 0.469 e. The van der Waals surface area contributed by atoms with Crippen molar-refractivity contribution in [2.75, 3.05) is 33.3 Å². The van der Waals surface area contributed by atoms with E-state index >= 15 is 0 Å². The lowest BCUT2D eigenvalue weighted by molar-refractivity contribution is -0.140. The van der Waals surface area contributed by atoms with Crippen LogP contribution in [0.4, 0.5) is 0 Å². The number of hydrogen-bond donors (Lipinski definition) is 3. The van der Waals surface area contributed by atoms with Crippen molar-refractivity contribution in [2.24, 2.45) is 5.73 Å². The molecule has 1 aliphatic rings. The summed E-state index contributed by atoms with van der Waals surface area (Å²) in [4.78, 5) is 31.2. The molecular formula is C25H30N6O3. The number of carbonyl (C=O) groups is 2. The molecule has 1 aliphatic heterocycles. The Morgan fingerprint density at radius 1 is 1.09 bits per heavy atom. The fourth-order valence-corrected chi connectivity index (χ4v) is 4.25. The molecule has 0 unspecified atom stereocenters. The normalized spacial score (nSPS) is 13.8. The first kappa shape index (κ1) is 23.4. The summed E-state index contributed by atoms with van der Waals surface area (Å²) in [6, 6.07) is 13.0. The number of fused-ring (bicyclic) bond motifs is 1. The van der Waals surface area contributed by atoms with E-state index in [4.69, 9.17) is 16.1 Å². The number of amidine groups is 1. The number of amides is 1. The van der Waals surface area contributed by atoms with Crippen molar-refractivity contribution in [3.8, 4) is 11.4 Å². The number of hydrogen-bond acceptors (Lipinski definition) is 6. The molecule has 0 saturated carbocycles. The Kier molecular flexibility index (Phi) is 7.22. The Hall–Kier alpha value is -3.72. The molecule has 0 aliphatic carbocycles. The number of nitrogen functional groups attached to an aromatic ring is 1. The maximum Gasteiger partial charge on any atom is 0.307 e. The lowest BCUT2D eigenvalue weighted by atomic mass is 10.1. The van der Waals surface area contributed by atoms with Crippen molar-refractivity contribution in [1.29, 1.82) is 5.41 Å². The van der Waals surface area contributed by atoms with Crippen LogP contribution in [0.5, 0.6) is 0 Å². The van der Waals surface area contributed by atoms with Crippen LogP contribution in [0.1, 0.15) is 35.2 Å². The second kappa shape index (κ2) is 10.5. The number of carbonyl (C=O) groups excluding carboxylic acids is 2. The highest BCUT2D eigenvalue weighted by Gasteiger charge is 2.18. The molecule has 3 aromatic rings. The van der Waals surface area contributed by atoms with Gasteiger partial charge in [-0.3, -0.25) is 15.0 Å². The third-order valence-electron chi connectivity index (χ3n) is 6.15. The average Bonchev–Trinajstić information content (AvgIpc) is 3.49. The first-order valence-corrected chi connectivity index (χ1v) is 11.5. The molecule has 4 N–H and O–H groups in total. The number of aromatic nitrogens is 2. The predicted molar refractivity (Wildman–Crippen MR) is 131 cm³/mol. The van der Waals surface area contributed by atoms with Crippen LogP contribution >= 0.6 is 0 Å². The van der Waals surface area contributed by atoms with Gasteiger partial charge in [0.25, 0.3) is 5.91 Å². The fraction of sp³-hybridized carbons (Fsp3) is 0.360. The van der Waals surface area contributed by atoms with Crippen molar-refractivity contribution in [3.05, 3.63) is 53.6 Å². The molecule has 2 aromatic carbocycles. The lowest BCUT2D eigenvalue weighted by Gasteiger charge is -2.17. The van der Waals surface area contributed by atoms with E-state index in [-0.39, 0.29) is 30.7 Å². The van der Waals surface area contributed by atoms with Crippen LogP contribution < -0.4 is 11.1 Å². The second-order valence-electron chi connectivity index (χ2n) is 8.41. The first-order valence-electron chi connectivity index (χ1n) is 11.5. The van der Waals surface area contributed by atoms with Crippen molar-refractivity contribution >= 4 is 28.7 Å². The van der Waals surface area contributed by atoms with E-state index in [9.17, 15) is 9.59 Å². The van der Waals surface area contributed by atoms with Crippen LogP contribution in [0, 0.1) is 5.41 Å². The van der Waals surface area contributed by atoms with Gasteiger partial charge < -0.3 is 25.3 Å². The molecule has 1 saturated heterocycles. The van der Waals surface area contributed by atoms with Crippen LogP contribution in [-0.4, -0.2) is 65.5 Å². The SMILES string of the molecule is COC(=O)CCNC(=O)c1ccc2c(c1)nc(-c1ccc(C(=N)N)cc1)n2CCN1CCCC1. The maximum absolute atomic E-state index is 12.6. The molecule has 0 spiro atoms. The van der Waals surface area contributed by atoms with E-state index in [0.29, 0.717) is 11.1 Å². The van der Waals surface area contributed by atoms with Gasteiger partial charge in [0.2, 0.25) is 0 Å². The molecule has 34 heavy (non-hydrogen) atoms. The highest BCUT2D eigenvalue weighted by molar-refractivity contribution is 5.98. The third kappa shape index (κ3) is 5.26. The number of methoxy groups -OCH3 is 1. The highest BCUT2D eigenvalue weighted by Crippen LogP contribution is 2.26. The van der Waals surface area contributed by atoms with Gasteiger partial charge >= 0.3 is 5.97 Å². The van der Waals surface area contributed by atoms with E-state index in [1.807, 2.05) is 30.3 Å². The number of imidazole rings is 1. The fourth-order valence-electron chi connectivity index (χ4n) is 4.25. The summed E-state index contributed by atoms with van der Waals surface area (Å²) in [6.07, 6.45) is 2.59. The first-order chi connectivity index (χ1) is 16.5. The lowest BCUT2D eigenvalue weighted by Crippen LogP contribution is -2.26. The Balaban J connectivity index is 1.63. The summed E-state index contributed by atoms with van der Waals surface area (Å²) in [5, 5.41) is 10.4. The van der Waals surface area contributed by atoms with Crippen molar-refractivity contribution in [3.63, 3.8) is 0 Å². The number of benzene rings is 2. The summed E-state index contributed by atoms with van der Waals surface area (Å²) >= 11 is 0. The number of rotatable bonds is 9. The molecule has 9 nitrogen and oxygen atoms in total. The van der Waals surface area contributed by atoms with Crippen LogP contribution in [0.3, 0.4) is 0 Å². The van der Waals surface area contributed by atoms with Gasteiger partial charge in [-0.15, -0.1) is 0 Å². The number of nitrogens with zero attached hydrogens (tertiary/aromatic N) is 3. The maximum atomic E-state index is 12.6. The molecule has 0 radical (unpaired) electrons. The highest BCUT2D eigenvalue weighted by atomic mass is 16.5. The van der Waals surface area contributed by atoms with Gasteiger partial charge in [0.15, 0.2) is 0 Å². The van der Waals surface area contributed by atoms with Gasteiger partial charge in [0.05, 0.1) is 24.6 Å². The average molecular weight is 463 g/mol. The molecule has 1 fully saturated rings. The second-order valence-corrected chi connectivity index (χ2v) is 8.41. The molecule has 0 bridgehead atoms. The molecular weight excluding hydrogens is 432 g/mol. The molecule has 2 heterocycles. The summed E-state index contributed by atoms with van der Waals surface area (Å²) < 4.78 is 6.80. The topological polar surface area (TPSA) is 126 Å². The zero-order valence-electron chi connectivity index (χ0n) is 19.3. The van der Waals surface area contributed by atoms with Crippen LogP contribution in [0.25, 0.3) is 22.4 Å². The van der Waals surface area contributed by atoms with Gasteiger partial charge in [-0.25, -0.2) is 4.98 Å². The summed E-state index contributed by atoms with van der Waals surface area (Å²) in [5.41, 5.74) is 9.36. The quantitative estimate of drug-likeness (QED) is 0.255. The number of ether oxygens (including phenoxy) is 1. The minimum absolute atomic E-state index is 0.0249. The Morgan fingerprint density at radius 3 is 2.47 bits per heavy atom. The van der Waals surface area contributed by atoms with E-state index in [2.05, 4.69) is 19.5 Å². The number of nitrogens with one attached hydrogen (secondary N) is 2. The molecule has 178 valence electrons. The van der Waals surface area contributed by atoms with Gasteiger partial charge in [0.1, 0.15) is 11.7 Å². The van der Waals surface area contributed by atoms with E-state index in [1.165, 1.54) is 20.0 Å². The summed E-state index contributed by atoms with van der Waals surface area (Å²) in [7, 11) is 1.32. The Labute approximate surface area is 198 Å². The van der Waals surface area contributed by atoms with Crippen molar-refractivity contribution in [1.82, 2.24) is 19.8 Å². The standard InChI is InChI=1S/C25H30N6O3/c1-34-22(32)10-11-28-25(33)19-8-9-21-20(16-19)29-24(18-6-4-17(5-7-18)23(26)27)31(21)15-14-30-12-2-3-13-30/h4-9,16H,2-3,10-15H2,1H3,(H3,26,27)(H,28,33). The molecule has 9 heteroatoms.